The van der Waals surface area contributed by atoms with Crippen molar-refractivity contribution in [3.8, 4) is 0 Å². The van der Waals surface area contributed by atoms with Crippen LogP contribution in [0.2, 0.25) is 0 Å². The van der Waals surface area contributed by atoms with Gasteiger partial charge in [-0.3, -0.25) is 4.98 Å². The molecule has 4 heteroatoms. The van der Waals surface area contributed by atoms with E-state index in [1.165, 1.54) is 6.07 Å². The van der Waals surface area contributed by atoms with Crippen LogP contribution in [-0.4, -0.2) is 11.5 Å². The minimum atomic E-state index is -0.239. The van der Waals surface area contributed by atoms with E-state index in [9.17, 15) is 4.39 Å². The van der Waals surface area contributed by atoms with E-state index in [4.69, 9.17) is 0 Å². The number of likely N-dealkylation sites (N-methyl/N-ethyl adjacent to an activating group) is 1. The summed E-state index contributed by atoms with van der Waals surface area (Å²) in [4.78, 5) is 4.34. The minimum absolute atomic E-state index is 0.136. The van der Waals surface area contributed by atoms with E-state index in [1.54, 1.807) is 6.20 Å². The fraction of sp³-hybridized carbons (Fsp3) is 0.267. The van der Waals surface area contributed by atoms with Crippen LogP contribution < -0.4 is 5.32 Å². The number of nitrogens with one attached hydrogen (secondary N) is 1. The Labute approximate surface area is 121 Å². The summed E-state index contributed by atoms with van der Waals surface area (Å²) in [6.45, 7) is 2.91. The van der Waals surface area contributed by atoms with Crippen molar-refractivity contribution in [2.24, 2.45) is 0 Å². The minimum Gasteiger partial charge on any atom is -0.310 e. The van der Waals surface area contributed by atoms with Gasteiger partial charge in [0.25, 0.3) is 0 Å². The van der Waals surface area contributed by atoms with Crippen LogP contribution in [0.25, 0.3) is 0 Å². The van der Waals surface area contributed by atoms with E-state index >= 15 is 0 Å². The Balaban J connectivity index is 2.21. The Morgan fingerprint density at radius 2 is 2.16 bits per heavy atom. The fourth-order valence-corrected chi connectivity index (χ4v) is 2.41. The molecule has 0 fully saturated rings. The third kappa shape index (κ3) is 3.85. The van der Waals surface area contributed by atoms with Gasteiger partial charge in [-0.25, -0.2) is 4.39 Å². The fourth-order valence-electron chi connectivity index (χ4n) is 2.01. The number of rotatable bonds is 5. The molecule has 0 spiro atoms. The van der Waals surface area contributed by atoms with Gasteiger partial charge in [-0.05, 0) is 52.3 Å². The summed E-state index contributed by atoms with van der Waals surface area (Å²) < 4.78 is 13.8. The topological polar surface area (TPSA) is 24.9 Å². The summed E-state index contributed by atoms with van der Waals surface area (Å²) >= 11 is 3.23. The molecule has 0 saturated carbocycles. The second-order valence-electron chi connectivity index (χ2n) is 4.31. The van der Waals surface area contributed by atoms with Gasteiger partial charge in [0.15, 0.2) is 0 Å². The van der Waals surface area contributed by atoms with E-state index in [-0.39, 0.29) is 11.9 Å². The van der Waals surface area contributed by atoms with Gasteiger partial charge in [-0.15, -0.1) is 0 Å². The molecule has 100 valence electrons. The highest BCUT2D eigenvalue weighted by Crippen LogP contribution is 2.23. The van der Waals surface area contributed by atoms with Crippen molar-refractivity contribution in [1.29, 1.82) is 0 Å². The van der Waals surface area contributed by atoms with Gasteiger partial charge in [-0.1, -0.05) is 19.1 Å². The molecular weight excluding hydrogens is 307 g/mol. The van der Waals surface area contributed by atoms with Crippen molar-refractivity contribution in [2.75, 3.05) is 6.54 Å². The van der Waals surface area contributed by atoms with E-state index < -0.39 is 0 Å². The largest absolute Gasteiger partial charge is 0.310 e. The second-order valence-corrected chi connectivity index (χ2v) is 5.16. The lowest BCUT2D eigenvalue weighted by Gasteiger charge is -2.18. The van der Waals surface area contributed by atoms with Gasteiger partial charge in [0, 0.05) is 24.4 Å². The smallest absolute Gasteiger partial charge is 0.137 e. The molecule has 1 N–H and O–H groups in total. The standard InChI is InChI=1S/C15H16BrFN2/c1-2-18-15(10-12-5-3-4-8-19-12)11-6-7-14(17)13(16)9-11/h3-9,15,18H,2,10H2,1H3. The van der Waals surface area contributed by atoms with Crippen molar-refractivity contribution in [2.45, 2.75) is 19.4 Å². The van der Waals surface area contributed by atoms with Gasteiger partial charge in [0.1, 0.15) is 5.82 Å². The first kappa shape index (κ1) is 14.2. The van der Waals surface area contributed by atoms with Gasteiger partial charge in [0.2, 0.25) is 0 Å². The number of hydrogen-bond donors (Lipinski definition) is 1. The molecule has 0 radical (unpaired) electrons. The van der Waals surface area contributed by atoms with Crippen LogP contribution >= 0.6 is 15.9 Å². The number of benzene rings is 1. The molecule has 2 rings (SSSR count). The first-order valence-electron chi connectivity index (χ1n) is 6.29. The Kier molecular flexibility index (Phi) is 5.05. The van der Waals surface area contributed by atoms with Crippen molar-refractivity contribution in [1.82, 2.24) is 10.3 Å². The first-order chi connectivity index (χ1) is 9.20. The maximum atomic E-state index is 13.3. The van der Waals surface area contributed by atoms with Gasteiger partial charge in [-0.2, -0.15) is 0 Å². The zero-order valence-electron chi connectivity index (χ0n) is 10.7. The highest BCUT2D eigenvalue weighted by atomic mass is 79.9. The molecule has 2 aromatic rings. The van der Waals surface area contributed by atoms with E-state index in [2.05, 4.69) is 33.2 Å². The van der Waals surface area contributed by atoms with Crippen LogP contribution in [0.5, 0.6) is 0 Å². The van der Waals surface area contributed by atoms with Crippen molar-refractivity contribution in [3.05, 3.63) is 64.1 Å². The molecule has 1 aromatic heterocycles. The lowest BCUT2D eigenvalue weighted by Crippen LogP contribution is -2.23. The number of hydrogen-bond acceptors (Lipinski definition) is 2. The summed E-state index contributed by atoms with van der Waals surface area (Å²) in [7, 11) is 0. The molecule has 1 atom stereocenters. The van der Waals surface area contributed by atoms with E-state index in [1.807, 2.05) is 30.3 Å². The summed E-state index contributed by atoms with van der Waals surface area (Å²) in [6, 6.07) is 11.1. The third-order valence-corrected chi connectivity index (χ3v) is 3.54. The molecule has 0 aliphatic heterocycles. The molecule has 19 heavy (non-hydrogen) atoms. The highest BCUT2D eigenvalue weighted by Gasteiger charge is 2.13. The molecule has 0 aliphatic carbocycles. The molecule has 1 unspecified atom stereocenters. The quantitative estimate of drug-likeness (QED) is 0.903. The number of halogens is 2. The predicted molar refractivity (Wildman–Crippen MR) is 78.5 cm³/mol. The van der Waals surface area contributed by atoms with Crippen molar-refractivity contribution >= 4 is 15.9 Å². The highest BCUT2D eigenvalue weighted by molar-refractivity contribution is 9.10. The third-order valence-electron chi connectivity index (χ3n) is 2.94. The molecular formula is C15H16BrFN2. The normalized spacial score (nSPS) is 12.4. The monoisotopic (exact) mass is 322 g/mol. The summed E-state index contributed by atoms with van der Waals surface area (Å²) in [6.07, 6.45) is 2.58. The van der Waals surface area contributed by atoms with Crippen LogP contribution in [-0.2, 0) is 6.42 Å². The van der Waals surface area contributed by atoms with Crippen LogP contribution in [0, 0.1) is 5.82 Å². The molecule has 0 aliphatic rings. The predicted octanol–water partition coefficient (Wildman–Crippen LogP) is 3.88. The lowest BCUT2D eigenvalue weighted by atomic mass is 10.0. The number of pyridine rings is 1. The Morgan fingerprint density at radius 1 is 1.32 bits per heavy atom. The first-order valence-corrected chi connectivity index (χ1v) is 7.08. The Bertz CT molecular complexity index is 531. The van der Waals surface area contributed by atoms with Crippen LogP contribution in [0.4, 0.5) is 4.39 Å². The summed E-state index contributed by atoms with van der Waals surface area (Å²) in [5.41, 5.74) is 2.08. The van der Waals surface area contributed by atoms with Crippen LogP contribution in [0.1, 0.15) is 24.2 Å². The van der Waals surface area contributed by atoms with Crippen molar-refractivity contribution < 1.29 is 4.39 Å². The molecule has 1 aromatic carbocycles. The lowest BCUT2D eigenvalue weighted by molar-refractivity contribution is 0.541. The average Bonchev–Trinajstić information content (AvgIpc) is 2.43. The van der Waals surface area contributed by atoms with Crippen LogP contribution in [0.3, 0.4) is 0 Å². The van der Waals surface area contributed by atoms with Gasteiger partial charge < -0.3 is 5.32 Å². The second kappa shape index (κ2) is 6.78. The Morgan fingerprint density at radius 3 is 2.79 bits per heavy atom. The van der Waals surface area contributed by atoms with Crippen LogP contribution in [0.15, 0.2) is 47.1 Å². The average molecular weight is 323 g/mol. The zero-order chi connectivity index (χ0) is 13.7. The number of nitrogens with zero attached hydrogens (tertiary/aromatic N) is 1. The summed E-state index contributed by atoms with van der Waals surface area (Å²) in [5, 5.41) is 3.41. The summed E-state index contributed by atoms with van der Waals surface area (Å²) in [5.74, 6) is -0.239. The van der Waals surface area contributed by atoms with Gasteiger partial charge in [0.05, 0.1) is 4.47 Å². The zero-order valence-corrected chi connectivity index (χ0v) is 12.3. The molecule has 0 bridgehead atoms. The van der Waals surface area contributed by atoms with Gasteiger partial charge >= 0.3 is 0 Å². The van der Waals surface area contributed by atoms with E-state index in [0.717, 1.165) is 24.2 Å². The van der Waals surface area contributed by atoms with E-state index in [0.29, 0.717) is 4.47 Å². The molecule has 2 nitrogen and oxygen atoms in total. The molecule has 0 amide bonds. The van der Waals surface area contributed by atoms with Crippen molar-refractivity contribution in [3.63, 3.8) is 0 Å². The SMILES string of the molecule is CCNC(Cc1ccccn1)c1ccc(F)c(Br)c1. The maximum absolute atomic E-state index is 13.3. The maximum Gasteiger partial charge on any atom is 0.137 e. The molecule has 0 saturated heterocycles. The molecule has 1 heterocycles. The number of aromatic nitrogens is 1. The Hall–Kier alpha value is -1.26.